The highest BCUT2D eigenvalue weighted by atomic mass is 19.4. The molecule has 4 nitrogen and oxygen atoms in total. The Morgan fingerprint density at radius 3 is 2.40 bits per heavy atom. The Hall–Kier alpha value is -1.63. The number of nitrogens with zero attached hydrogens (tertiary/aromatic N) is 1. The van der Waals surface area contributed by atoms with Gasteiger partial charge in [-0.3, -0.25) is 10.1 Å². The molecule has 0 aromatic heterocycles. The van der Waals surface area contributed by atoms with Crippen LogP contribution >= 0.6 is 0 Å². The van der Waals surface area contributed by atoms with Crippen LogP contribution in [0.3, 0.4) is 0 Å². The minimum atomic E-state index is -4.62. The molecule has 0 saturated carbocycles. The Labute approximate surface area is 82.1 Å². The molecule has 1 aromatic rings. The summed E-state index contributed by atoms with van der Waals surface area (Å²) >= 11 is 0. The highest BCUT2D eigenvalue weighted by Crippen LogP contribution is 2.33. The Kier molecular flexibility index (Phi) is 2.94. The lowest BCUT2D eigenvalue weighted by molar-refractivity contribution is -0.385. The molecule has 1 rings (SSSR count). The number of aliphatic hydroxyl groups is 1. The van der Waals surface area contributed by atoms with Gasteiger partial charge >= 0.3 is 6.18 Å². The number of halogens is 3. The van der Waals surface area contributed by atoms with Gasteiger partial charge < -0.3 is 5.11 Å². The third-order valence-electron chi connectivity index (χ3n) is 1.78. The monoisotopic (exact) mass is 221 g/mol. The highest BCUT2D eigenvalue weighted by Gasteiger charge is 2.33. The predicted octanol–water partition coefficient (Wildman–Crippen LogP) is 2.11. The summed E-state index contributed by atoms with van der Waals surface area (Å²) in [5, 5.41) is 18.9. The first-order chi connectivity index (χ1) is 6.86. The van der Waals surface area contributed by atoms with E-state index >= 15 is 0 Å². The SMILES string of the molecule is O=[N+]([O-])c1ccc(C(F)(F)F)c(CO)c1. The topological polar surface area (TPSA) is 63.4 Å². The molecule has 0 radical (unpaired) electrons. The van der Waals surface area contributed by atoms with Gasteiger partial charge in [-0.2, -0.15) is 13.2 Å². The fourth-order valence-corrected chi connectivity index (χ4v) is 1.10. The molecule has 7 heteroatoms. The lowest BCUT2D eigenvalue weighted by atomic mass is 10.1. The van der Waals surface area contributed by atoms with Crippen molar-refractivity contribution in [3.8, 4) is 0 Å². The average Bonchev–Trinajstić information content (AvgIpc) is 2.15. The molecule has 1 aromatic carbocycles. The molecule has 0 amide bonds. The van der Waals surface area contributed by atoms with E-state index in [1.165, 1.54) is 0 Å². The van der Waals surface area contributed by atoms with Gasteiger partial charge in [-0.05, 0) is 11.6 Å². The van der Waals surface area contributed by atoms with Gasteiger partial charge in [-0.1, -0.05) is 0 Å². The van der Waals surface area contributed by atoms with Gasteiger partial charge in [0.05, 0.1) is 17.1 Å². The first-order valence-electron chi connectivity index (χ1n) is 3.81. The van der Waals surface area contributed by atoms with Crippen molar-refractivity contribution in [1.82, 2.24) is 0 Å². The molecule has 0 aliphatic carbocycles. The standard InChI is InChI=1S/C8H6F3NO3/c9-8(10,11)7-2-1-6(12(14)15)3-5(7)4-13/h1-3,13H,4H2. The largest absolute Gasteiger partial charge is 0.416 e. The number of nitro benzene ring substituents is 1. The lowest BCUT2D eigenvalue weighted by Gasteiger charge is -2.10. The van der Waals surface area contributed by atoms with E-state index in [1.54, 1.807) is 0 Å². The zero-order valence-electron chi connectivity index (χ0n) is 7.28. The van der Waals surface area contributed by atoms with E-state index in [4.69, 9.17) is 5.11 Å². The number of hydrogen-bond acceptors (Lipinski definition) is 3. The van der Waals surface area contributed by atoms with Gasteiger partial charge in [0.25, 0.3) is 5.69 Å². The van der Waals surface area contributed by atoms with E-state index in [2.05, 4.69) is 0 Å². The van der Waals surface area contributed by atoms with Crippen LogP contribution in [-0.4, -0.2) is 10.0 Å². The molecule has 15 heavy (non-hydrogen) atoms. The van der Waals surface area contributed by atoms with Gasteiger partial charge in [0.15, 0.2) is 0 Å². The average molecular weight is 221 g/mol. The molecular weight excluding hydrogens is 215 g/mol. The van der Waals surface area contributed by atoms with Crippen molar-refractivity contribution in [2.75, 3.05) is 0 Å². The smallest absolute Gasteiger partial charge is 0.392 e. The Morgan fingerprint density at radius 2 is 2.00 bits per heavy atom. The summed E-state index contributed by atoms with van der Waals surface area (Å²) in [4.78, 5) is 9.45. The summed E-state index contributed by atoms with van der Waals surface area (Å²) < 4.78 is 36.9. The Bertz CT molecular complexity index is 389. The van der Waals surface area contributed by atoms with Gasteiger partial charge in [-0.25, -0.2) is 0 Å². The maximum atomic E-state index is 12.3. The minimum absolute atomic E-state index is 0.480. The second-order valence-electron chi connectivity index (χ2n) is 2.75. The summed E-state index contributed by atoms with van der Waals surface area (Å²) in [6.07, 6.45) is -4.62. The highest BCUT2D eigenvalue weighted by molar-refractivity contribution is 5.40. The molecule has 0 unspecified atom stereocenters. The van der Waals surface area contributed by atoms with E-state index in [9.17, 15) is 23.3 Å². The predicted molar refractivity (Wildman–Crippen MR) is 44.0 cm³/mol. The Balaban J connectivity index is 3.27. The van der Waals surface area contributed by atoms with Crippen molar-refractivity contribution < 1.29 is 23.2 Å². The molecule has 0 aliphatic rings. The van der Waals surface area contributed by atoms with Crippen LogP contribution in [0.1, 0.15) is 11.1 Å². The number of non-ortho nitro benzene ring substituents is 1. The van der Waals surface area contributed by atoms with Gasteiger partial charge in [0.1, 0.15) is 0 Å². The van der Waals surface area contributed by atoms with Crippen LogP contribution in [0.15, 0.2) is 18.2 Å². The maximum absolute atomic E-state index is 12.3. The summed E-state index contributed by atoms with van der Waals surface area (Å²) in [6.45, 7) is -0.892. The molecule has 0 spiro atoms. The van der Waals surface area contributed by atoms with Crippen molar-refractivity contribution >= 4 is 5.69 Å². The molecule has 0 heterocycles. The number of hydrogen-bond donors (Lipinski definition) is 1. The minimum Gasteiger partial charge on any atom is -0.392 e. The molecule has 0 fully saturated rings. The van der Waals surface area contributed by atoms with Crippen molar-refractivity contribution in [3.05, 3.63) is 39.4 Å². The normalized spacial score (nSPS) is 11.5. The number of aliphatic hydroxyl groups excluding tert-OH is 1. The lowest BCUT2D eigenvalue weighted by Crippen LogP contribution is -2.09. The third-order valence-corrected chi connectivity index (χ3v) is 1.78. The van der Waals surface area contributed by atoms with Crippen LogP contribution in [0.2, 0.25) is 0 Å². The molecule has 0 aliphatic heterocycles. The van der Waals surface area contributed by atoms with E-state index in [0.29, 0.717) is 12.1 Å². The van der Waals surface area contributed by atoms with E-state index in [1.807, 2.05) is 0 Å². The molecule has 82 valence electrons. The summed E-state index contributed by atoms with van der Waals surface area (Å²) in [6, 6.07) is 2.05. The van der Waals surface area contributed by atoms with Gasteiger partial charge in [0.2, 0.25) is 0 Å². The summed E-state index contributed by atoms with van der Waals surface area (Å²) in [5.41, 5.74) is -2.04. The van der Waals surface area contributed by atoms with E-state index in [-0.39, 0.29) is 0 Å². The maximum Gasteiger partial charge on any atom is 0.416 e. The number of nitro groups is 1. The van der Waals surface area contributed by atoms with Crippen molar-refractivity contribution in [2.45, 2.75) is 12.8 Å². The number of alkyl halides is 3. The van der Waals surface area contributed by atoms with Crippen molar-refractivity contribution in [1.29, 1.82) is 0 Å². The van der Waals surface area contributed by atoms with Gasteiger partial charge in [0, 0.05) is 12.1 Å². The Morgan fingerprint density at radius 1 is 1.40 bits per heavy atom. The zero-order valence-corrected chi connectivity index (χ0v) is 7.28. The first kappa shape index (κ1) is 11.4. The van der Waals surface area contributed by atoms with Crippen LogP contribution in [0.5, 0.6) is 0 Å². The molecular formula is C8H6F3NO3. The van der Waals surface area contributed by atoms with Crippen molar-refractivity contribution in [2.24, 2.45) is 0 Å². The molecule has 0 atom stereocenters. The van der Waals surface area contributed by atoms with E-state index in [0.717, 1.165) is 6.07 Å². The van der Waals surface area contributed by atoms with E-state index < -0.39 is 34.5 Å². The fraction of sp³-hybridized carbons (Fsp3) is 0.250. The molecule has 0 saturated heterocycles. The first-order valence-corrected chi connectivity index (χ1v) is 3.81. The quantitative estimate of drug-likeness (QED) is 0.614. The van der Waals surface area contributed by atoms with Crippen LogP contribution in [-0.2, 0) is 12.8 Å². The number of benzene rings is 1. The second kappa shape index (κ2) is 3.85. The third kappa shape index (κ3) is 2.44. The molecule has 1 N–H and O–H groups in total. The summed E-state index contributed by atoms with van der Waals surface area (Å²) in [7, 11) is 0. The van der Waals surface area contributed by atoms with Crippen molar-refractivity contribution in [3.63, 3.8) is 0 Å². The van der Waals surface area contributed by atoms with Crippen LogP contribution in [0.4, 0.5) is 18.9 Å². The van der Waals surface area contributed by atoms with Gasteiger partial charge in [-0.15, -0.1) is 0 Å². The van der Waals surface area contributed by atoms with Crippen LogP contribution in [0, 0.1) is 10.1 Å². The zero-order chi connectivity index (χ0) is 11.6. The molecule has 0 bridgehead atoms. The fourth-order valence-electron chi connectivity index (χ4n) is 1.10. The van der Waals surface area contributed by atoms with Crippen LogP contribution in [0.25, 0.3) is 0 Å². The summed E-state index contributed by atoms with van der Waals surface area (Å²) in [5.74, 6) is 0. The second-order valence-corrected chi connectivity index (χ2v) is 2.75. The van der Waals surface area contributed by atoms with Crippen LogP contribution < -0.4 is 0 Å². The number of rotatable bonds is 2.